The Morgan fingerprint density at radius 3 is 2.47 bits per heavy atom. The number of fused-ring (bicyclic) bond motifs is 1. The molecule has 0 heterocycles. The molecule has 0 aliphatic rings. The van der Waals surface area contributed by atoms with Crippen molar-refractivity contribution in [3.63, 3.8) is 0 Å². The first kappa shape index (κ1) is 11.7. The van der Waals surface area contributed by atoms with Crippen LogP contribution in [0.3, 0.4) is 0 Å². The van der Waals surface area contributed by atoms with E-state index in [4.69, 9.17) is 9.84 Å². The molecule has 90 valence electrons. The van der Waals surface area contributed by atoms with Crippen molar-refractivity contribution in [1.82, 2.24) is 0 Å². The minimum absolute atomic E-state index is 0.0191. The summed E-state index contributed by atoms with van der Waals surface area (Å²) in [6, 6.07) is 10.5. The molecule has 3 N–H and O–H groups in total. The van der Waals surface area contributed by atoms with Crippen LogP contribution in [0.5, 0.6) is 11.5 Å². The summed E-state index contributed by atoms with van der Waals surface area (Å²) < 4.78 is 5.41. The lowest BCUT2D eigenvalue weighted by molar-refractivity contribution is 0.0541. The Bertz CT molecular complexity index is 510. The molecule has 0 aromatic heterocycles. The molecule has 0 fully saturated rings. The summed E-state index contributed by atoms with van der Waals surface area (Å²) in [5.74, 6) is 0.765. The zero-order valence-corrected chi connectivity index (χ0v) is 9.21. The standard InChI is InChI=1S/C13H14O4/c14-7-9(15)8-17-13-6-5-12(16)10-3-1-2-4-11(10)13/h1-6,9,14-16H,7-8H2/t9-/m0/s1. The van der Waals surface area contributed by atoms with Gasteiger partial charge in [0.1, 0.15) is 24.2 Å². The van der Waals surface area contributed by atoms with Crippen molar-refractivity contribution >= 4 is 10.8 Å². The highest BCUT2D eigenvalue weighted by atomic mass is 16.5. The molecule has 0 saturated carbocycles. The van der Waals surface area contributed by atoms with Crippen molar-refractivity contribution in [3.8, 4) is 11.5 Å². The van der Waals surface area contributed by atoms with Gasteiger partial charge >= 0.3 is 0 Å². The van der Waals surface area contributed by atoms with Gasteiger partial charge in [-0.1, -0.05) is 24.3 Å². The third-order valence-electron chi connectivity index (χ3n) is 2.50. The highest BCUT2D eigenvalue weighted by Crippen LogP contribution is 2.32. The van der Waals surface area contributed by atoms with Crippen molar-refractivity contribution < 1.29 is 20.1 Å². The first-order chi connectivity index (χ1) is 8.22. The van der Waals surface area contributed by atoms with Crippen molar-refractivity contribution in [3.05, 3.63) is 36.4 Å². The molecule has 0 aliphatic carbocycles. The van der Waals surface area contributed by atoms with Gasteiger partial charge in [-0.25, -0.2) is 0 Å². The normalized spacial score (nSPS) is 12.6. The molecule has 2 rings (SSSR count). The molecule has 4 nitrogen and oxygen atoms in total. The molecule has 0 aliphatic heterocycles. The molecule has 0 radical (unpaired) electrons. The number of aliphatic hydroxyl groups is 2. The highest BCUT2D eigenvalue weighted by Gasteiger charge is 2.08. The Hall–Kier alpha value is -1.78. The lowest BCUT2D eigenvalue weighted by Crippen LogP contribution is -2.21. The smallest absolute Gasteiger partial charge is 0.127 e. The maximum atomic E-state index is 9.67. The fourth-order valence-corrected chi connectivity index (χ4v) is 1.62. The molecule has 0 bridgehead atoms. The molecule has 0 saturated heterocycles. The summed E-state index contributed by atoms with van der Waals surface area (Å²) >= 11 is 0. The van der Waals surface area contributed by atoms with Gasteiger partial charge in [-0.2, -0.15) is 0 Å². The molecule has 0 unspecified atom stereocenters. The van der Waals surface area contributed by atoms with Crippen molar-refractivity contribution in [1.29, 1.82) is 0 Å². The zero-order chi connectivity index (χ0) is 12.3. The van der Waals surface area contributed by atoms with Crippen molar-refractivity contribution in [2.75, 3.05) is 13.2 Å². The molecular formula is C13H14O4. The molecule has 17 heavy (non-hydrogen) atoms. The Morgan fingerprint density at radius 1 is 1.06 bits per heavy atom. The molecule has 1 atom stereocenters. The number of ether oxygens (including phenoxy) is 1. The fourth-order valence-electron chi connectivity index (χ4n) is 1.62. The van der Waals surface area contributed by atoms with Gasteiger partial charge in [-0.3, -0.25) is 0 Å². The van der Waals surface area contributed by atoms with Crippen LogP contribution in [0, 0.1) is 0 Å². The van der Waals surface area contributed by atoms with E-state index in [9.17, 15) is 10.2 Å². The van der Waals surface area contributed by atoms with Crippen LogP contribution in [0.15, 0.2) is 36.4 Å². The van der Waals surface area contributed by atoms with Gasteiger partial charge in [-0.05, 0) is 12.1 Å². The topological polar surface area (TPSA) is 69.9 Å². The number of hydrogen-bond acceptors (Lipinski definition) is 4. The summed E-state index contributed by atoms with van der Waals surface area (Å²) in [6.45, 7) is -0.318. The van der Waals surface area contributed by atoms with Crippen molar-refractivity contribution in [2.24, 2.45) is 0 Å². The average molecular weight is 234 g/mol. The summed E-state index contributed by atoms with van der Waals surface area (Å²) in [6.07, 6.45) is -0.900. The predicted octanol–water partition coefficient (Wildman–Crippen LogP) is 1.28. The average Bonchev–Trinajstić information content (AvgIpc) is 2.38. The van der Waals surface area contributed by atoms with Crippen LogP contribution in [0.4, 0.5) is 0 Å². The molecule has 4 heteroatoms. The SMILES string of the molecule is OC[C@H](O)COc1ccc(O)c2ccccc12. The van der Waals surface area contributed by atoms with E-state index in [1.807, 2.05) is 18.2 Å². The third kappa shape index (κ3) is 2.49. The largest absolute Gasteiger partial charge is 0.507 e. The number of phenolic OH excluding ortho intramolecular Hbond substituents is 1. The lowest BCUT2D eigenvalue weighted by atomic mass is 10.1. The van der Waals surface area contributed by atoms with E-state index in [0.29, 0.717) is 11.1 Å². The van der Waals surface area contributed by atoms with E-state index in [1.165, 1.54) is 0 Å². The van der Waals surface area contributed by atoms with Crippen LogP contribution in [0.1, 0.15) is 0 Å². The minimum atomic E-state index is -0.900. The molecule has 2 aromatic rings. The summed E-state index contributed by atoms with van der Waals surface area (Å²) in [7, 11) is 0. The second-order valence-electron chi connectivity index (χ2n) is 3.78. The van der Waals surface area contributed by atoms with Crippen LogP contribution in [0.25, 0.3) is 10.8 Å². The third-order valence-corrected chi connectivity index (χ3v) is 2.50. The highest BCUT2D eigenvalue weighted by molar-refractivity contribution is 5.92. The van der Waals surface area contributed by atoms with E-state index in [1.54, 1.807) is 18.2 Å². The molecule has 0 spiro atoms. The summed E-state index contributed by atoms with van der Waals surface area (Å²) in [5, 5.41) is 29.1. The second kappa shape index (κ2) is 5.03. The number of aliphatic hydroxyl groups excluding tert-OH is 2. The van der Waals surface area contributed by atoms with Gasteiger partial charge in [-0.15, -0.1) is 0 Å². The first-order valence-electron chi connectivity index (χ1n) is 5.35. The molecule has 2 aromatic carbocycles. The van der Waals surface area contributed by atoms with E-state index in [0.717, 1.165) is 5.39 Å². The Morgan fingerprint density at radius 2 is 1.76 bits per heavy atom. The second-order valence-corrected chi connectivity index (χ2v) is 3.78. The number of aromatic hydroxyl groups is 1. The fraction of sp³-hybridized carbons (Fsp3) is 0.231. The molecule has 0 amide bonds. The number of rotatable bonds is 4. The van der Waals surface area contributed by atoms with Gasteiger partial charge in [0, 0.05) is 10.8 Å². The van der Waals surface area contributed by atoms with Gasteiger partial charge in [0.25, 0.3) is 0 Å². The maximum Gasteiger partial charge on any atom is 0.127 e. The lowest BCUT2D eigenvalue weighted by Gasteiger charge is -2.12. The van der Waals surface area contributed by atoms with Crippen LogP contribution < -0.4 is 4.74 Å². The number of benzene rings is 2. The molecular weight excluding hydrogens is 220 g/mol. The first-order valence-corrected chi connectivity index (χ1v) is 5.35. The summed E-state index contributed by atoms with van der Waals surface area (Å²) in [5.41, 5.74) is 0. The zero-order valence-electron chi connectivity index (χ0n) is 9.21. The van der Waals surface area contributed by atoms with Gasteiger partial charge in [0.05, 0.1) is 6.61 Å². The van der Waals surface area contributed by atoms with Gasteiger partial charge in [0.15, 0.2) is 0 Å². The van der Waals surface area contributed by atoms with Crippen LogP contribution in [-0.4, -0.2) is 34.6 Å². The van der Waals surface area contributed by atoms with E-state index >= 15 is 0 Å². The number of hydrogen-bond donors (Lipinski definition) is 3. The maximum absolute atomic E-state index is 9.67. The quantitative estimate of drug-likeness (QED) is 0.745. The van der Waals surface area contributed by atoms with Gasteiger partial charge in [0.2, 0.25) is 0 Å². The Balaban J connectivity index is 2.32. The van der Waals surface area contributed by atoms with E-state index in [-0.39, 0.29) is 19.0 Å². The van der Waals surface area contributed by atoms with E-state index < -0.39 is 6.10 Å². The predicted molar refractivity (Wildman–Crippen MR) is 64.2 cm³/mol. The minimum Gasteiger partial charge on any atom is -0.507 e. The van der Waals surface area contributed by atoms with Crippen molar-refractivity contribution in [2.45, 2.75) is 6.10 Å². The Labute approximate surface area is 98.7 Å². The monoisotopic (exact) mass is 234 g/mol. The Kier molecular flexibility index (Phi) is 3.46. The van der Waals surface area contributed by atoms with E-state index in [2.05, 4.69) is 0 Å². The van der Waals surface area contributed by atoms with Gasteiger partial charge < -0.3 is 20.1 Å². The van der Waals surface area contributed by atoms with Crippen LogP contribution in [-0.2, 0) is 0 Å². The van der Waals surface area contributed by atoms with Crippen LogP contribution >= 0.6 is 0 Å². The summed E-state index contributed by atoms with van der Waals surface area (Å²) in [4.78, 5) is 0. The number of phenols is 1. The van der Waals surface area contributed by atoms with Crippen LogP contribution in [0.2, 0.25) is 0 Å².